The summed E-state index contributed by atoms with van der Waals surface area (Å²) in [6.07, 6.45) is 1.52. The van der Waals surface area contributed by atoms with E-state index in [1.54, 1.807) is 24.3 Å². The van der Waals surface area contributed by atoms with E-state index < -0.39 is 9.84 Å². The number of halogens is 3. The highest BCUT2D eigenvalue weighted by atomic mass is 79.9. The van der Waals surface area contributed by atoms with Crippen LogP contribution in [0.5, 0.6) is 0 Å². The Balaban J connectivity index is 2.16. The van der Waals surface area contributed by atoms with Crippen LogP contribution in [-0.4, -0.2) is 8.42 Å². The van der Waals surface area contributed by atoms with Gasteiger partial charge in [0.25, 0.3) is 0 Å². The largest absolute Gasteiger partial charge is 0.224 e. The molecule has 0 fully saturated rings. The van der Waals surface area contributed by atoms with E-state index in [2.05, 4.69) is 31.9 Å². The van der Waals surface area contributed by atoms with Crippen molar-refractivity contribution >= 4 is 59.4 Å². The lowest BCUT2D eigenvalue weighted by Gasteiger charge is -2.02. The maximum Gasteiger partial charge on any atom is 0.175 e. The Labute approximate surface area is 146 Å². The first kappa shape index (κ1) is 16.7. The van der Waals surface area contributed by atoms with Gasteiger partial charge in [0.1, 0.15) is 0 Å². The highest BCUT2D eigenvalue weighted by molar-refractivity contribution is 9.10. The molecule has 0 amide bonds. The lowest BCUT2D eigenvalue weighted by atomic mass is 10.2. The minimum Gasteiger partial charge on any atom is -0.224 e. The van der Waals surface area contributed by atoms with Crippen molar-refractivity contribution in [3.8, 4) is 0 Å². The fourth-order valence-electron chi connectivity index (χ4n) is 1.67. The van der Waals surface area contributed by atoms with Gasteiger partial charge >= 0.3 is 0 Å². The minimum absolute atomic E-state index is 0.0368. The van der Waals surface area contributed by atoms with Crippen LogP contribution in [0.25, 0.3) is 6.08 Å². The van der Waals surface area contributed by atoms with Crippen LogP contribution in [0.4, 0.5) is 0 Å². The maximum atomic E-state index is 12.1. The molecule has 0 aliphatic carbocycles. The van der Waals surface area contributed by atoms with E-state index in [-0.39, 0.29) is 5.75 Å². The summed E-state index contributed by atoms with van der Waals surface area (Å²) in [5.74, 6) is -0.0368. The van der Waals surface area contributed by atoms with E-state index in [9.17, 15) is 8.42 Å². The van der Waals surface area contributed by atoms with Crippen molar-refractivity contribution < 1.29 is 8.42 Å². The Morgan fingerprint density at radius 3 is 2.24 bits per heavy atom. The van der Waals surface area contributed by atoms with Gasteiger partial charge in [0.15, 0.2) is 9.84 Å². The van der Waals surface area contributed by atoms with Crippen LogP contribution < -0.4 is 0 Å². The van der Waals surface area contributed by atoms with Gasteiger partial charge in [0.2, 0.25) is 0 Å². The second-order valence-electron chi connectivity index (χ2n) is 4.40. The van der Waals surface area contributed by atoms with E-state index in [0.29, 0.717) is 10.6 Å². The summed E-state index contributed by atoms with van der Waals surface area (Å²) < 4.78 is 25.9. The molecule has 0 bridgehead atoms. The topological polar surface area (TPSA) is 34.1 Å². The number of benzene rings is 2. The predicted octanol–water partition coefficient (Wildman–Crippen LogP) is 5.45. The van der Waals surface area contributed by atoms with Gasteiger partial charge in [-0.3, -0.25) is 0 Å². The normalized spacial score (nSPS) is 12.0. The second-order valence-corrected chi connectivity index (χ2v) is 8.53. The first-order valence-electron chi connectivity index (χ1n) is 5.96. The number of rotatable bonds is 4. The van der Waals surface area contributed by atoms with E-state index in [4.69, 9.17) is 11.6 Å². The number of sulfone groups is 1. The fourth-order valence-corrected chi connectivity index (χ4v) is 3.78. The molecular weight excluding hydrogens is 439 g/mol. The zero-order valence-electron chi connectivity index (χ0n) is 10.8. The molecule has 0 saturated carbocycles. The average Bonchev–Trinajstić information content (AvgIpc) is 2.40. The van der Waals surface area contributed by atoms with Crippen molar-refractivity contribution in [2.75, 3.05) is 0 Å². The third-order valence-electron chi connectivity index (χ3n) is 2.70. The molecule has 0 heterocycles. The predicted molar refractivity (Wildman–Crippen MR) is 95.0 cm³/mol. The Kier molecular flexibility index (Phi) is 5.66. The molecule has 21 heavy (non-hydrogen) atoms. The summed E-state index contributed by atoms with van der Waals surface area (Å²) in [6, 6.07) is 12.5. The molecule has 0 spiro atoms. The molecule has 2 rings (SSSR count). The molecule has 0 atom stereocenters. The highest BCUT2D eigenvalue weighted by Gasteiger charge is 2.08. The van der Waals surface area contributed by atoms with Crippen LogP contribution in [-0.2, 0) is 15.6 Å². The van der Waals surface area contributed by atoms with Gasteiger partial charge in [-0.2, -0.15) is 0 Å². The molecule has 0 N–H and O–H groups in total. The molecule has 0 aliphatic rings. The van der Waals surface area contributed by atoms with Crippen LogP contribution in [0.1, 0.15) is 11.1 Å². The van der Waals surface area contributed by atoms with Crippen molar-refractivity contribution in [2.24, 2.45) is 0 Å². The summed E-state index contributed by atoms with van der Waals surface area (Å²) >= 11 is 12.7. The Morgan fingerprint density at radius 1 is 1.00 bits per heavy atom. The molecule has 0 aromatic heterocycles. The average molecular weight is 451 g/mol. The summed E-state index contributed by atoms with van der Waals surface area (Å²) in [6.45, 7) is 0. The van der Waals surface area contributed by atoms with Crippen LogP contribution in [0.3, 0.4) is 0 Å². The molecule has 6 heteroatoms. The van der Waals surface area contributed by atoms with E-state index in [0.717, 1.165) is 14.5 Å². The zero-order valence-corrected chi connectivity index (χ0v) is 15.5. The first-order valence-corrected chi connectivity index (χ1v) is 9.64. The van der Waals surface area contributed by atoms with E-state index in [1.807, 2.05) is 18.2 Å². The van der Waals surface area contributed by atoms with Crippen molar-refractivity contribution in [3.63, 3.8) is 0 Å². The molecule has 0 aliphatic heterocycles. The van der Waals surface area contributed by atoms with Crippen LogP contribution >= 0.6 is 43.5 Å². The van der Waals surface area contributed by atoms with Gasteiger partial charge in [-0.05, 0) is 41.5 Å². The van der Waals surface area contributed by atoms with Crippen molar-refractivity contribution in [3.05, 3.63) is 73.0 Å². The fraction of sp³-hybridized carbons (Fsp3) is 0.0667. The van der Waals surface area contributed by atoms with Crippen LogP contribution in [0.15, 0.2) is 56.8 Å². The lowest BCUT2D eigenvalue weighted by molar-refractivity contribution is 0.604. The molecule has 0 saturated heterocycles. The van der Waals surface area contributed by atoms with E-state index in [1.165, 1.54) is 11.5 Å². The first-order chi connectivity index (χ1) is 9.85. The van der Waals surface area contributed by atoms with E-state index >= 15 is 0 Å². The molecule has 2 aromatic carbocycles. The lowest BCUT2D eigenvalue weighted by Crippen LogP contribution is -1.99. The Bertz CT molecular complexity index is 769. The standard InChI is InChI=1S/C15H11Br2ClO2S/c16-13-4-1-11(2-5-13)10-21(19,20)8-7-12-3-6-14(17)9-15(12)18/h1-9H,10H2/b8-7+. The van der Waals surface area contributed by atoms with Gasteiger partial charge in [0.05, 0.1) is 5.75 Å². The smallest absolute Gasteiger partial charge is 0.175 e. The van der Waals surface area contributed by atoms with Crippen molar-refractivity contribution in [1.82, 2.24) is 0 Å². The summed E-state index contributed by atoms with van der Waals surface area (Å²) in [4.78, 5) is 0. The SMILES string of the molecule is O=S(=O)(/C=C/c1ccc(Br)cc1Cl)Cc1ccc(Br)cc1. The van der Waals surface area contributed by atoms with Gasteiger partial charge in [-0.1, -0.05) is 61.7 Å². The molecular formula is C15H11Br2ClO2S. The Hall–Kier alpha value is -0.620. The second kappa shape index (κ2) is 7.09. The maximum absolute atomic E-state index is 12.1. The zero-order chi connectivity index (χ0) is 15.5. The van der Waals surface area contributed by atoms with Crippen LogP contribution in [0.2, 0.25) is 5.02 Å². The number of hydrogen-bond acceptors (Lipinski definition) is 2. The monoisotopic (exact) mass is 448 g/mol. The highest BCUT2D eigenvalue weighted by Crippen LogP contribution is 2.23. The summed E-state index contributed by atoms with van der Waals surface area (Å²) in [5, 5.41) is 1.70. The van der Waals surface area contributed by atoms with Crippen LogP contribution in [0, 0.1) is 0 Å². The molecule has 2 nitrogen and oxygen atoms in total. The minimum atomic E-state index is -3.34. The molecule has 110 valence electrons. The van der Waals surface area contributed by atoms with Gasteiger partial charge in [-0.25, -0.2) is 8.42 Å². The Morgan fingerprint density at radius 2 is 1.62 bits per heavy atom. The third kappa shape index (κ3) is 5.25. The quantitative estimate of drug-likeness (QED) is 0.621. The van der Waals surface area contributed by atoms with Gasteiger partial charge in [0, 0.05) is 19.4 Å². The third-order valence-corrected chi connectivity index (χ3v) is 5.33. The number of hydrogen-bond donors (Lipinski definition) is 0. The van der Waals surface area contributed by atoms with Crippen molar-refractivity contribution in [1.29, 1.82) is 0 Å². The van der Waals surface area contributed by atoms with Gasteiger partial charge < -0.3 is 0 Å². The summed E-state index contributed by atoms with van der Waals surface area (Å²) in [7, 11) is -3.34. The van der Waals surface area contributed by atoms with Gasteiger partial charge in [-0.15, -0.1) is 0 Å². The molecule has 0 radical (unpaired) electrons. The molecule has 0 unspecified atom stereocenters. The molecule has 2 aromatic rings. The van der Waals surface area contributed by atoms with Crippen molar-refractivity contribution in [2.45, 2.75) is 5.75 Å². The summed E-state index contributed by atoms with van der Waals surface area (Å²) in [5.41, 5.74) is 1.41.